The molecule has 0 amide bonds. The van der Waals surface area contributed by atoms with Gasteiger partial charge in [-0.05, 0) is 12.5 Å². The van der Waals surface area contributed by atoms with Crippen molar-refractivity contribution in [3.63, 3.8) is 0 Å². The summed E-state index contributed by atoms with van der Waals surface area (Å²) in [6.45, 7) is 2.36. The van der Waals surface area contributed by atoms with E-state index in [1.54, 1.807) is 7.11 Å². The summed E-state index contributed by atoms with van der Waals surface area (Å²) >= 11 is 0. The zero-order valence-electron chi connectivity index (χ0n) is 9.86. The van der Waals surface area contributed by atoms with Crippen LogP contribution in [-0.4, -0.2) is 20.0 Å². The van der Waals surface area contributed by atoms with E-state index in [1.165, 1.54) is 0 Å². The van der Waals surface area contributed by atoms with Crippen LogP contribution in [0.2, 0.25) is 0 Å². The molecule has 2 aliphatic heterocycles. The molecule has 1 aromatic rings. The topological polar surface area (TPSA) is 49.0 Å². The van der Waals surface area contributed by atoms with Crippen LogP contribution in [0, 0.1) is 0 Å². The third-order valence-electron chi connectivity index (χ3n) is 3.14. The molecule has 0 fully saturated rings. The van der Waals surface area contributed by atoms with E-state index in [1.807, 2.05) is 12.1 Å². The molecule has 92 valence electrons. The van der Waals surface area contributed by atoms with Crippen LogP contribution in [0.25, 0.3) is 0 Å². The van der Waals surface area contributed by atoms with E-state index in [0.717, 1.165) is 29.2 Å². The Bertz CT molecular complexity index is 435. The van der Waals surface area contributed by atoms with Gasteiger partial charge in [-0.15, -0.1) is 0 Å². The minimum Gasteiger partial charge on any atom is -0.488 e. The van der Waals surface area contributed by atoms with Crippen molar-refractivity contribution < 1.29 is 19.0 Å². The minimum atomic E-state index is 0.0366. The quantitative estimate of drug-likeness (QED) is 0.812. The predicted molar refractivity (Wildman–Crippen MR) is 60.2 cm³/mol. The number of hydroxylamine groups is 1. The van der Waals surface area contributed by atoms with Gasteiger partial charge in [-0.3, -0.25) is 0 Å². The van der Waals surface area contributed by atoms with Crippen molar-refractivity contribution in [2.24, 2.45) is 0 Å². The first kappa shape index (κ1) is 10.7. The van der Waals surface area contributed by atoms with Gasteiger partial charge in [0.05, 0.1) is 13.2 Å². The first-order chi connectivity index (χ1) is 8.33. The van der Waals surface area contributed by atoms with E-state index in [4.69, 9.17) is 19.0 Å². The van der Waals surface area contributed by atoms with Gasteiger partial charge in [0.1, 0.15) is 11.9 Å². The fraction of sp³-hybridized carbons (Fsp3) is 0.500. The SMILES string of the molecule is CCC1Oc2cc3c(cc2C1NOC)OCO3. The molecule has 1 N–H and O–H groups in total. The van der Waals surface area contributed by atoms with E-state index in [-0.39, 0.29) is 18.9 Å². The van der Waals surface area contributed by atoms with E-state index >= 15 is 0 Å². The Morgan fingerprint density at radius 2 is 2.06 bits per heavy atom. The van der Waals surface area contributed by atoms with Crippen molar-refractivity contribution in [3.05, 3.63) is 17.7 Å². The van der Waals surface area contributed by atoms with Gasteiger partial charge in [-0.25, -0.2) is 0 Å². The molecule has 0 bridgehead atoms. The summed E-state index contributed by atoms with van der Waals surface area (Å²) in [5.41, 5.74) is 4.03. The third kappa shape index (κ3) is 1.62. The maximum Gasteiger partial charge on any atom is 0.231 e. The smallest absolute Gasteiger partial charge is 0.231 e. The molecule has 0 saturated carbocycles. The molecule has 2 heterocycles. The molecule has 0 radical (unpaired) electrons. The third-order valence-corrected chi connectivity index (χ3v) is 3.14. The monoisotopic (exact) mass is 237 g/mol. The molecule has 2 aliphatic rings. The van der Waals surface area contributed by atoms with Gasteiger partial charge < -0.3 is 19.0 Å². The van der Waals surface area contributed by atoms with Gasteiger partial charge in [0.15, 0.2) is 11.5 Å². The molecule has 0 saturated heterocycles. The van der Waals surface area contributed by atoms with Crippen LogP contribution in [0.5, 0.6) is 17.2 Å². The van der Waals surface area contributed by atoms with Crippen LogP contribution in [0.15, 0.2) is 12.1 Å². The number of ether oxygens (including phenoxy) is 3. The summed E-state index contributed by atoms with van der Waals surface area (Å²) in [6, 6.07) is 3.89. The van der Waals surface area contributed by atoms with Crippen molar-refractivity contribution in [3.8, 4) is 17.2 Å². The highest BCUT2D eigenvalue weighted by Crippen LogP contribution is 2.45. The lowest BCUT2D eigenvalue weighted by Crippen LogP contribution is -2.29. The molecule has 0 aliphatic carbocycles. The molecule has 0 aromatic heterocycles. The molecule has 3 rings (SSSR count). The zero-order valence-corrected chi connectivity index (χ0v) is 9.86. The number of hydrogen-bond acceptors (Lipinski definition) is 5. The molecule has 5 heteroatoms. The Morgan fingerprint density at radius 3 is 2.76 bits per heavy atom. The highest BCUT2D eigenvalue weighted by atomic mass is 16.7. The van der Waals surface area contributed by atoms with Crippen molar-refractivity contribution in [2.45, 2.75) is 25.5 Å². The Balaban J connectivity index is 1.98. The van der Waals surface area contributed by atoms with E-state index in [0.29, 0.717) is 0 Å². The van der Waals surface area contributed by atoms with Gasteiger partial charge >= 0.3 is 0 Å². The predicted octanol–water partition coefficient (Wildman–Crippen LogP) is 1.78. The zero-order chi connectivity index (χ0) is 11.8. The van der Waals surface area contributed by atoms with E-state index in [2.05, 4.69) is 12.4 Å². The number of fused-ring (bicyclic) bond motifs is 2. The second kappa shape index (κ2) is 4.09. The lowest BCUT2D eigenvalue weighted by Gasteiger charge is -2.17. The molecule has 1 aromatic carbocycles. The van der Waals surface area contributed by atoms with Crippen LogP contribution in [0.4, 0.5) is 0 Å². The van der Waals surface area contributed by atoms with Gasteiger partial charge in [-0.2, -0.15) is 5.48 Å². The largest absolute Gasteiger partial charge is 0.488 e. The highest BCUT2D eigenvalue weighted by molar-refractivity contribution is 5.54. The van der Waals surface area contributed by atoms with Gasteiger partial charge in [0.25, 0.3) is 0 Å². The number of rotatable bonds is 3. The summed E-state index contributed by atoms with van der Waals surface area (Å²) < 4.78 is 16.6. The van der Waals surface area contributed by atoms with Gasteiger partial charge in [0, 0.05) is 11.6 Å². The van der Waals surface area contributed by atoms with Crippen molar-refractivity contribution in [1.29, 1.82) is 0 Å². The second-order valence-electron chi connectivity index (χ2n) is 4.11. The summed E-state index contributed by atoms with van der Waals surface area (Å²) in [6.07, 6.45) is 0.981. The molecule has 5 nitrogen and oxygen atoms in total. The molecule has 0 spiro atoms. The highest BCUT2D eigenvalue weighted by Gasteiger charge is 2.35. The van der Waals surface area contributed by atoms with Crippen LogP contribution in [0.1, 0.15) is 24.9 Å². The van der Waals surface area contributed by atoms with E-state index in [9.17, 15) is 0 Å². The molecule has 2 atom stereocenters. The minimum absolute atomic E-state index is 0.0366. The summed E-state index contributed by atoms with van der Waals surface area (Å²) in [5, 5.41) is 0. The number of benzene rings is 1. The Kier molecular flexibility index (Phi) is 2.57. The molecular weight excluding hydrogens is 222 g/mol. The van der Waals surface area contributed by atoms with Gasteiger partial charge in [0.2, 0.25) is 6.79 Å². The summed E-state index contributed by atoms with van der Waals surface area (Å²) in [5.74, 6) is 2.36. The Morgan fingerprint density at radius 1 is 1.29 bits per heavy atom. The van der Waals surface area contributed by atoms with Crippen molar-refractivity contribution >= 4 is 0 Å². The lowest BCUT2D eigenvalue weighted by molar-refractivity contribution is 0.0282. The Hall–Kier alpha value is -1.46. The average molecular weight is 237 g/mol. The molecule has 17 heavy (non-hydrogen) atoms. The molecular formula is C12H15NO4. The van der Waals surface area contributed by atoms with Crippen LogP contribution in [0.3, 0.4) is 0 Å². The van der Waals surface area contributed by atoms with Crippen molar-refractivity contribution in [2.75, 3.05) is 13.9 Å². The number of nitrogens with one attached hydrogen (secondary N) is 1. The lowest BCUT2D eigenvalue weighted by atomic mass is 10.0. The maximum atomic E-state index is 5.87. The molecule has 2 unspecified atom stereocenters. The maximum absolute atomic E-state index is 5.87. The average Bonchev–Trinajstić information content (AvgIpc) is 2.91. The van der Waals surface area contributed by atoms with Gasteiger partial charge in [-0.1, -0.05) is 6.92 Å². The standard InChI is InChI=1S/C12H15NO4/c1-3-8-12(13-14-2)7-4-10-11(16-6-15-10)5-9(7)17-8/h4-5,8,12-13H,3,6H2,1-2H3. The van der Waals surface area contributed by atoms with Crippen LogP contribution >= 0.6 is 0 Å². The first-order valence-electron chi connectivity index (χ1n) is 5.72. The van der Waals surface area contributed by atoms with Crippen LogP contribution in [-0.2, 0) is 4.84 Å². The van der Waals surface area contributed by atoms with Crippen molar-refractivity contribution in [1.82, 2.24) is 5.48 Å². The van der Waals surface area contributed by atoms with Crippen LogP contribution < -0.4 is 19.7 Å². The fourth-order valence-electron chi connectivity index (χ4n) is 2.30. The summed E-state index contributed by atoms with van der Waals surface area (Å²) in [7, 11) is 1.61. The Labute approximate surface area is 99.6 Å². The summed E-state index contributed by atoms with van der Waals surface area (Å²) in [4.78, 5) is 5.03. The number of hydrogen-bond donors (Lipinski definition) is 1. The van der Waals surface area contributed by atoms with E-state index < -0.39 is 0 Å². The second-order valence-corrected chi connectivity index (χ2v) is 4.11. The normalized spacial score (nSPS) is 24.6. The first-order valence-corrected chi connectivity index (χ1v) is 5.72. The fourth-order valence-corrected chi connectivity index (χ4v) is 2.30.